The fraction of sp³-hybridized carbons (Fsp3) is 0.741. The minimum atomic E-state index is 0.696. The lowest BCUT2D eigenvalue weighted by Gasteiger charge is -2.01. The van der Waals surface area contributed by atoms with Crippen LogP contribution < -0.4 is 0 Å². The van der Waals surface area contributed by atoms with Crippen molar-refractivity contribution in [3.8, 4) is 0 Å². The van der Waals surface area contributed by atoms with Gasteiger partial charge in [0.05, 0.1) is 5.69 Å². The molecule has 166 valence electrons. The van der Waals surface area contributed by atoms with Crippen LogP contribution in [-0.2, 0) is 6.42 Å². The number of carbonyl (C=O) groups is 1. The van der Waals surface area contributed by atoms with Crippen molar-refractivity contribution in [1.82, 2.24) is 4.98 Å². The van der Waals surface area contributed by atoms with Crippen molar-refractivity contribution in [3.63, 3.8) is 0 Å². The Kier molecular flexibility index (Phi) is 17.7. The number of aromatic amines is 1. The second-order valence-electron chi connectivity index (χ2n) is 8.66. The number of hydrogen-bond acceptors (Lipinski definition) is 1. The zero-order valence-electron chi connectivity index (χ0n) is 19.2. The van der Waals surface area contributed by atoms with Crippen LogP contribution in [0.15, 0.2) is 24.3 Å². The smallest absolute Gasteiger partial charge is 0.166 e. The maximum atomic E-state index is 10.6. The topological polar surface area (TPSA) is 32.9 Å². The second kappa shape index (κ2) is 20.0. The number of unbranched alkanes of at least 4 members (excludes halogenated alkanes) is 16. The lowest BCUT2D eigenvalue weighted by molar-refractivity contribution is 0.111. The van der Waals surface area contributed by atoms with Crippen LogP contribution in [0.5, 0.6) is 0 Å². The van der Waals surface area contributed by atoms with Crippen LogP contribution >= 0.6 is 0 Å². The average molecular weight is 402 g/mol. The van der Waals surface area contributed by atoms with Gasteiger partial charge in [0.25, 0.3) is 0 Å². The van der Waals surface area contributed by atoms with Crippen LogP contribution in [0.2, 0.25) is 0 Å². The summed E-state index contributed by atoms with van der Waals surface area (Å²) in [5, 5.41) is 0. The number of rotatable bonds is 21. The standard InChI is InChI=1S/C27H47NO/c1-2-3-4-5-6-7-8-9-10-11-12-13-14-15-16-17-18-19-20-21-22-26-23-24-27(25-29)28-26/h13-14,23-25,28H,2-12,15-22H2,1H3/b14-13-. The van der Waals surface area contributed by atoms with Crippen LogP contribution in [0.3, 0.4) is 0 Å². The van der Waals surface area contributed by atoms with E-state index in [-0.39, 0.29) is 0 Å². The molecule has 0 amide bonds. The fourth-order valence-electron chi connectivity index (χ4n) is 3.94. The van der Waals surface area contributed by atoms with Crippen molar-refractivity contribution in [2.24, 2.45) is 0 Å². The van der Waals surface area contributed by atoms with Crippen molar-refractivity contribution in [2.45, 2.75) is 129 Å². The third-order valence-corrected chi connectivity index (χ3v) is 5.85. The first-order valence-electron chi connectivity index (χ1n) is 12.6. The Morgan fingerprint density at radius 1 is 0.655 bits per heavy atom. The number of aryl methyl sites for hydroxylation is 1. The molecule has 2 nitrogen and oxygen atoms in total. The summed E-state index contributed by atoms with van der Waals surface area (Å²) < 4.78 is 0. The average Bonchev–Trinajstić information content (AvgIpc) is 3.20. The maximum Gasteiger partial charge on any atom is 0.166 e. The first-order valence-corrected chi connectivity index (χ1v) is 12.6. The zero-order chi connectivity index (χ0) is 20.8. The number of nitrogens with one attached hydrogen (secondary N) is 1. The molecule has 29 heavy (non-hydrogen) atoms. The summed E-state index contributed by atoms with van der Waals surface area (Å²) in [5.74, 6) is 0. The monoisotopic (exact) mass is 401 g/mol. The predicted octanol–water partition coefficient (Wildman–Crippen LogP) is 8.97. The van der Waals surface area contributed by atoms with Gasteiger partial charge in [-0.1, -0.05) is 103 Å². The number of aromatic nitrogens is 1. The van der Waals surface area contributed by atoms with E-state index in [2.05, 4.69) is 24.1 Å². The molecule has 0 atom stereocenters. The van der Waals surface area contributed by atoms with E-state index in [1.54, 1.807) is 0 Å². The lowest BCUT2D eigenvalue weighted by Crippen LogP contribution is -1.87. The molecule has 0 spiro atoms. The molecule has 0 aromatic carbocycles. The van der Waals surface area contributed by atoms with Gasteiger partial charge in [0.1, 0.15) is 0 Å². The van der Waals surface area contributed by atoms with E-state index < -0.39 is 0 Å². The van der Waals surface area contributed by atoms with E-state index in [9.17, 15) is 4.79 Å². The predicted molar refractivity (Wildman–Crippen MR) is 128 cm³/mol. The fourth-order valence-corrected chi connectivity index (χ4v) is 3.94. The van der Waals surface area contributed by atoms with E-state index >= 15 is 0 Å². The quantitative estimate of drug-likeness (QED) is 0.124. The van der Waals surface area contributed by atoms with Crippen molar-refractivity contribution < 1.29 is 4.79 Å². The van der Waals surface area contributed by atoms with E-state index in [0.29, 0.717) is 5.69 Å². The van der Waals surface area contributed by atoms with Crippen molar-refractivity contribution in [2.75, 3.05) is 0 Å². The second-order valence-corrected chi connectivity index (χ2v) is 8.66. The first kappa shape index (κ1) is 25.7. The number of aldehydes is 1. The van der Waals surface area contributed by atoms with E-state index in [4.69, 9.17) is 0 Å². The molecule has 2 heteroatoms. The van der Waals surface area contributed by atoms with E-state index in [1.165, 1.54) is 121 Å². The van der Waals surface area contributed by atoms with Crippen LogP contribution in [0.4, 0.5) is 0 Å². The first-order chi connectivity index (χ1) is 14.4. The molecule has 1 N–H and O–H groups in total. The molecular formula is C27H47NO. The third kappa shape index (κ3) is 16.2. The highest BCUT2D eigenvalue weighted by molar-refractivity contribution is 5.71. The van der Waals surface area contributed by atoms with Crippen LogP contribution in [-0.4, -0.2) is 11.3 Å². The number of hydrogen-bond donors (Lipinski definition) is 1. The molecule has 0 unspecified atom stereocenters. The van der Waals surface area contributed by atoms with Gasteiger partial charge in [-0.3, -0.25) is 4.79 Å². The van der Waals surface area contributed by atoms with E-state index in [1.807, 2.05) is 12.1 Å². The maximum absolute atomic E-state index is 10.6. The zero-order valence-corrected chi connectivity index (χ0v) is 19.2. The molecule has 1 heterocycles. The minimum Gasteiger partial charge on any atom is -0.356 e. The van der Waals surface area contributed by atoms with Gasteiger partial charge in [-0.2, -0.15) is 0 Å². The summed E-state index contributed by atoms with van der Waals surface area (Å²) in [6.07, 6.45) is 31.5. The molecule has 0 bridgehead atoms. The Bertz CT molecular complexity index is 502. The summed E-state index contributed by atoms with van der Waals surface area (Å²) in [6.45, 7) is 2.29. The minimum absolute atomic E-state index is 0.696. The molecule has 0 fully saturated rings. The summed E-state index contributed by atoms with van der Waals surface area (Å²) in [4.78, 5) is 13.8. The molecule has 0 aliphatic rings. The molecule has 0 aliphatic heterocycles. The Labute approximate surface area is 181 Å². The van der Waals surface area contributed by atoms with Gasteiger partial charge in [-0.05, 0) is 50.7 Å². The van der Waals surface area contributed by atoms with Gasteiger partial charge in [0.2, 0.25) is 0 Å². The molecule has 1 rings (SSSR count). The number of H-pyrrole nitrogens is 1. The van der Waals surface area contributed by atoms with E-state index in [0.717, 1.165) is 12.7 Å². The Morgan fingerprint density at radius 3 is 1.62 bits per heavy atom. The number of allylic oxidation sites excluding steroid dienone is 2. The molecule has 0 saturated carbocycles. The van der Waals surface area contributed by atoms with Crippen molar-refractivity contribution in [1.29, 1.82) is 0 Å². The Balaban J connectivity index is 1.74. The van der Waals surface area contributed by atoms with Gasteiger partial charge >= 0.3 is 0 Å². The van der Waals surface area contributed by atoms with Gasteiger partial charge < -0.3 is 4.98 Å². The number of carbonyl (C=O) groups excluding carboxylic acids is 1. The summed E-state index contributed by atoms with van der Waals surface area (Å²) in [5.41, 5.74) is 1.89. The molecule has 1 aromatic heterocycles. The van der Waals surface area contributed by atoms with Crippen LogP contribution in [0.1, 0.15) is 139 Å². The molecule has 1 aromatic rings. The van der Waals surface area contributed by atoms with Crippen molar-refractivity contribution in [3.05, 3.63) is 35.7 Å². The molecule has 0 aliphatic carbocycles. The summed E-state index contributed by atoms with van der Waals surface area (Å²) in [6, 6.07) is 3.90. The van der Waals surface area contributed by atoms with Crippen LogP contribution in [0, 0.1) is 0 Å². The highest BCUT2D eigenvalue weighted by Crippen LogP contribution is 2.13. The molecular weight excluding hydrogens is 354 g/mol. The van der Waals surface area contributed by atoms with Gasteiger partial charge in [0, 0.05) is 5.69 Å². The normalized spacial score (nSPS) is 11.5. The lowest BCUT2D eigenvalue weighted by atomic mass is 10.1. The SMILES string of the molecule is CCCCCCCCCCCC/C=C\CCCCCCCCc1ccc(C=O)[nH]1. The van der Waals surface area contributed by atoms with Gasteiger partial charge in [-0.25, -0.2) is 0 Å². The highest BCUT2D eigenvalue weighted by Gasteiger charge is 1.98. The molecule has 0 saturated heterocycles. The van der Waals surface area contributed by atoms with Crippen molar-refractivity contribution >= 4 is 6.29 Å². The molecule has 0 radical (unpaired) electrons. The highest BCUT2D eigenvalue weighted by atomic mass is 16.1. The summed E-state index contributed by atoms with van der Waals surface area (Å²) >= 11 is 0. The Hall–Kier alpha value is -1.31. The largest absolute Gasteiger partial charge is 0.356 e. The third-order valence-electron chi connectivity index (χ3n) is 5.85. The van der Waals surface area contributed by atoms with Gasteiger partial charge in [-0.15, -0.1) is 0 Å². The van der Waals surface area contributed by atoms with Gasteiger partial charge in [0.15, 0.2) is 6.29 Å². The Morgan fingerprint density at radius 2 is 1.14 bits per heavy atom. The summed E-state index contributed by atoms with van der Waals surface area (Å²) in [7, 11) is 0. The van der Waals surface area contributed by atoms with Crippen LogP contribution in [0.25, 0.3) is 0 Å².